The van der Waals surface area contributed by atoms with E-state index in [2.05, 4.69) is 10.6 Å². The molecule has 2 atom stereocenters. The molecule has 0 heterocycles. The van der Waals surface area contributed by atoms with Crippen LogP contribution in [-0.4, -0.2) is 35.0 Å². The lowest BCUT2D eigenvalue weighted by Gasteiger charge is -2.24. The number of hydrogen-bond acceptors (Lipinski definition) is 5. The molecule has 2 aromatic carbocycles. The maximum Gasteiger partial charge on any atom is 0.243 e. The number of carboxylic acid groups (broad SMARTS) is 1. The van der Waals surface area contributed by atoms with E-state index in [0.717, 1.165) is 5.56 Å². The Labute approximate surface area is 157 Å². The van der Waals surface area contributed by atoms with Crippen molar-refractivity contribution in [3.8, 4) is 5.75 Å². The maximum absolute atomic E-state index is 12.6. The molecule has 0 fully saturated rings. The fraction of sp³-hybridized carbons (Fsp3) is 0.250. The molecule has 0 aliphatic heterocycles. The molecule has 2 rings (SSSR count). The van der Waals surface area contributed by atoms with Gasteiger partial charge in [-0.2, -0.15) is 0 Å². The van der Waals surface area contributed by atoms with Crippen molar-refractivity contribution in [2.24, 2.45) is 0 Å². The van der Waals surface area contributed by atoms with E-state index in [9.17, 15) is 24.6 Å². The zero-order valence-corrected chi connectivity index (χ0v) is 14.8. The Hall–Kier alpha value is -3.35. The Morgan fingerprint density at radius 2 is 1.44 bits per heavy atom. The van der Waals surface area contributed by atoms with E-state index >= 15 is 0 Å². The minimum Gasteiger partial charge on any atom is -0.548 e. The number of amides is 2. The van der Waals surface area contributed by atoms with E-state index < -0.39 is 29.9 Å². The van der Waals surface area contributed by atoms with Crippen LogP contribution in [0.25, 0.3) is 0 Å². The van der Waals surface area contributed by atoms with Gasteiger partial charge in [0.05, 0.1) is 12.0 Å². The molecule has 2 aromatic rings. The van der Waals surface area contributed by atoms with Crippen molar-refractivity contribution in [2.75, 3.05) is 0 Å². The Morgan fingerprint density at radius 3 is 2.00 bits per heavy atom. The smallest absolute Gasteiger partial charge is 0.243 e. The zero-order chi connectivity index (χ0) is 19.8. The van der Waals surface area contributed by atoms with Gasteiger partial charge in [-0.3, -0.25) is 9.59 Å². The maximum atomic E-state index is 12.6. The Morgan fingerprint density at radius 1 is 0.889 bits per heavy atom. The number of aromatic hydroxyl groups is 1. The Bertz CT molecular complexity index is 790. The molecule has 0 aliphatic carbocycles. The van der Waals surface area contributed by atoms with E-state index in [1.54, 1.807) is 12.1 Å². The lowest BCUT2D eigenvalue weighted by molar-refractivity contribution is -0.308. The summed E-state index contributed by atoms with van der Waals surface area (Å²) in [4.78, 5) is 35.5. The summed E-state index contributed by atoms with van der Waals surface area (Å²) in [5, 5.41) is 25.7. The second-order valence-corrected chi connectivity index (χ2v) is 6.19. The second-order valence-electron chi connectivity index (χ2n) is 6.19. The highest BCUT2D eigenvalue weighted by atomic mass is 16.4. The third-order valence-corrected chi connectivity index (χ3v) is 3.95. The van der Waals surface area contributed by atoms with Crippen LogP contribution in [0.15, 0.2) is 54.6 Å². The Kier molecular flexibility index (Phi) is 6.93. The van der Waals surface area contributed by atoms with Gasteiger partial charge in [-0.25, -0.2) is 0 Å². The second kappa shape index (κ2) is 9.38. The summed E-state index contributed by atoms with van der Waals surface area (Å²) in [6.07, 6.45) is 0.220. The molecule has 27 heavy (non-hydrogen) atoms. The molecule has 3 N–H and O–H groups in total. The van der Waals surface area contributed by atoms with Gasteiger partial charge in [0, 0.05) is 13.3 Å². The van der Waals surface area contributed by atoms with Gasteiger partial charge in [-0.15, -0.1) is 0 Å². The van der Waals surface area contributed by atoms with Gasteiger partial charge < -0.3 is 25.6 Å². The number of rotatable bonds is 8. The van der Waals surface area contributed by atoms with Gasteiger partial charge >= 0.3 is 0 Å². The Balaban J connectivity index is 2.10. The highest BCUT2D eigenvalue weighted by molar-refractivity contribution is 5.90. The number of phenols is 1. The predicted molar refractivity (Wildman–Crippen MR) is 96.5 cm³/mol. The number of carbonyl (C=O) groups is 3. The lowest BCUT2D eigenvalue weighted by Crippen LogP contribution is -2.55. The fourth-order valence-electron chi connectivity index (χ4n) is 2.64. The van der Waals surface area contributed by atoms with E-state index in [4.69, 9.17) is 0 Å². The molecule has 2 amide bonds. The summed E-state index contributed by atoms with van der Waals surface area (Å²) in [5.41, 5.74) is 1.44. The molecule has 0 aromatic heterocycles. The van der Waals surface area contributed by atoms with Crippen LogP contribution in [0.5, 0.6) is 5.75 Å². The minimum atomic E-state index is -1.43. The highest BCUT2D eigenvalue weighted by Crippen LogP contribution is 2.11. The van der Waals surface area contributed by atoms with Gasteiger partial charge in [-0.1, -0.05) is 42.5 Å². The largest absolute Gasteiger partial charge is 0.548 e. The lowest BCUT2D eigenvalue weighted by atomic mass is 10.0. The number of benzene rings is 2. The third kappa shape index (κ3) is 6.47. The molecule has 7 heteroatoms. The molecular weight excluding hydrogens is 348 g/mol. The first-order valence-corrected chi connectivity index (χ1v) is 8.45. The minimum absolute atomic E-state index is 0.00746. The first-order valence-electron chi connectivity index (χ1n) is 8.45. The molecule has 0 unspecified atom stereocenters. The quantitative estimate of drug-likeness (QED) is 0.601. The van der Waals surface area contributed by atoms with Crippen molar-refractivity contribution < 1.29 is 24.6 Å². The SMILES string of the molecule is CC(=O)N[C@@H](Cc1ccccc1)C(=O)N[C@@H](Cc1ccc(O)cc1)C(=O)[O-]. The molecular formula is C20H21N2O5-. The molecule has 142 valence electrons. The molecule has 0 aliphatic rings. The van der Waals surface area contributed by atoms with Gasteiger partial charge in [0.15, 0.2) is 0 Å². The number of phenolic OH excluding ortho intramolecular Hbond substituents is 1. The molecule has 0 radical (unpaired) electrons. The van der Waals surface area contributed by atoms with Crippen LogP contribution in [0, 0.1) is 0 Å². The van der Waals surface area contributed by atoms with Crippen LogP contribution in [0.1, 0.15) is 18.1 Å². The van der Waals surface area contributed by atoms with Gasteiger partial charge in [0.25, 0.3) is 0 Å². The van der Waals surface area contributed by atoms with Crippen molar-refractivity contribution in [1.29, 1.82) is 0 Å². The summed E-state index contributed by atoms with van der Waals surface area (Å²) < 4.78 is 0. The summed E-state index contributed by atoms with van der Waals surface area (Å²) in [6.45, 7) is 1.29. The van der Waals surface area contributed by atoms with Crippen LogP contribution >= 0.6 is 0 Å². The fourth-order valence-corrected chi connectivity index (χ4v) is 2.64. The monoisotopic (exact) mass is 369 g/mol. The van der Waals surface area contributed by atoms with E-state index in [1.807, 2.05) is 30.3 Å². The third-order valence-electron chi connectivity index (χ3n) is 3.95. The summed E-state index contributed by atoms with van der Waals surface area (Å²) in [7, 11) is 0. The number of carbonyl (C=O) groups excluding carboxylic acids is 3. The highest BCUT2D eigenvalue weighted by Gasteiger charge is 2.23. The van der Waals surface area contributed by atoms with Gasteiger partial charge in [0.2, 0.25) is 11.8 Å². The predicted octanol–water partition coefficient (Wildman–Crippen LogP) is -0.0832. The summed E-state index contributed by atoms with van der Waals surface area (Å²) in [5.74, 6) is -2.38. The van der Waals surface area contributed by atoms with Crippen LogP contribution in [0.2, 0.25) is 0 Å². The average Bonchev–Trinajstić information content (AvgIpc) is 2.62. The number of aliphatic carboxylic acids is 1. The summed E-state index contributed by atoms with van der Waals surface area (Å²) >= 11 is 0. The molecule has 0 saturated heterocycles. The number of carboxylic acids is 1. The van der Waals surface area contributed by atoms with Gasteiger partial charge in [-0.05, 0) is 29.7 Å². The van der Waals surface area contributed by atoms with Crippen LogP contribution in [0.4, 0.5) is 0 Å². The standard InChI is InChI=1S/C20H22N2O5/c1-13(23)21-17(11-14-5-3-2-4-6-14)19(25)22-18(20(26)27)12-15-7-9-16(24)10-8-15/h2-10,17-18,24H,11-12H2,1H3,(H,21,23)(H,22,25)(H,26,27)/p-1/t17-,18-/m0/s1. The zero-order valence-electron chi connectivity index (χ0n) is 14.8. The van der Waals surface area contributed by atoms with Crippen molar-refractivity contribution in [3.05, 3.63) is 65.7 Å². The van der Waals surface area contributed by atoms with Crippen LogP contribution < -0.4 is 15.7 Å². The molecule has 0 bridgehead atoms. The van der Waals surface area contributed by atoms with Crippen molar-refractivity contribution in [1.82, 2.24) is 10.6 Å². The average molecular weight is 369 g/mol. The molecule has 0 spiro atoms. The van der Waals surface area contributed by atoms with E-state index in [-0.39, 0.29) is 18.6 Å². The normalized spacial score (nSPS) is 12.6. The van der Waals surface area contributed by atoms with Gasteiger partial charge in [0.1, 0.15) is 11.8 Å². The van der Waals surface area contributed by atoms with Crippen molar-refractivity contribution >= 4 is 17.8 Å². The first-order chi connectivity index (χ1) is 12.8. The molecule has 0 saturated carbocycles. The van der Waals surface area contributed by atoms with E-state index in [1.165, 1.54) is 19.1 Å². The molecule has 7 nitrogen and oxygen atoms in total. The number of nitrogens with one attached hydrogen (secondary N) is 2. The van der Waals surface area contributed by atoms with Crippen molar-refractivity contribution in [3.63, 3.8) is 0 Å². The van der Waals surface area contributed by atoms with E-state index in [0.29, 0.717) is 5.56 Å². The summed E-state index contributed by atoms with van der Waals surface area (Å²) in [6, 6.07) is 12.9. The topological polar surface area (TPSA) is 119 Å². The van der Waals surface area contributed by atoms with Crippen LogP contribution in [0.3, 0.4) is 0 Å². The van der Waals surface area contributed by atoms with Crippen molar-refractivity contribution in [2.45, 2.75) is 31.8 Å². The first kappa shape index (κ1) is 20.0. The number of hydrogen-bond donors (Lipinski definition) is 3. The van der Waals surface area contributed by atoms with Crippen LogP contribution in [-0.2, 0) is 27.2 Å².